The molecule has 1 heterocycles. The molecule has 0 saturated carbocycles. The van der Waals surface area contributed by atoms with Crippen LogP contribution in [0.3, 0.4) is 0 Å². The zero-order valence-corrected chi connectivity index (χ0v) is 19.8. The maximum atomic E-state index is 13.2. The van der Waals surface area contributed by atoms with E-state index in [1.165, 1.54) is 17.0 Å². The molecule has 1 aromatic heterocycles. The highest BCUT2D eigenvalue weighted by Crippen LogP contribution is 2.31. The van der Waals surface area contributed by atoms with Gasteiger partial charge in [0, 0.05) is 22.5 Å². The number of rotatable bonds is 9. The minimum atomic E-state index is -0.483. The Hall–Kier alpha value is -3.07. The number of ether oxygens (including phenoxy) is 1. The van der Waals surface area contributed by atoms with Crippen molar-refractivity contribution in [2.24, 2.45) is 5.10 Å². The van der Waals surface area contributed by atoms with Crippen LogP contribution in [0.1, 0.15) is 51.4 Å². The van der Waals surface area contributed by atoms with Crippen molar-refractivity contribution in [3.8, 4) is 5.75 Å². The van der Waals surface area contributed by atoms with Crippen LogP contribution in [0.4, 0.5) is 5.69 Å². The Labute approximate surface area is 194 Å². The number of halogens is 1. The molecule has 0 fully saturated rings. The highest BCUT2D eigenvalue weighted by Gasteiger charge is 2.20. The molecule has 0 N–H and O–H groups in total. The third kappa shape index (κ3) is 5.21. The molecule has 0 spiro atoms. The van der Waals surface area contributed by atoms with E-state index in [9.17, 15) is 14.9 Å². The number of benzene rings is 2. The maximum Gasteiger partial charge on any atom is 0.311 e. The Kier molecular flexibility index (Phi) is 7.74. The van der Waals surface area contributed by atoms with Gasteiger partial charge >= 0.3 is 5.69 Å². The van der Waals surface area contributed by atoms with Crippen molar-refractivity contribution < 1.29 is 9.66 Å². The third-order valence-electron chi connectivity index (χ3n) is 5.06. The van der Waals surface area contributed by atoms with Crippen LogP contribution in [0.2, 0.25) is 0 Å². The van der Waals surface area contributed by atoms with Crippen molar-refractivity contribution >= 4 is 38.7 Å². The van der Waals surface area contributed by atoms with Gasteiger partial charge in [0.05, 0.1) is 28.1 Å². The number of nitro groups is 1. The first-order valence-corrected chi connectivity index (χ1v) is 11.3. The quantitative estimate of drug-likeness (QED) is 0.220. The van der Waals surface area contributed by atoms with E-state index >= 15 is 0 Å². The highest BCUT2D eigenvalue weighted by atomic mass is 79.9. The summed E-state index contributed by atoms with van der Waals surface area (Å²) < 4.78 is 7.89. The van der Waals surface area contributed by atoms with Gasteiger partial charge in [-0.2, -0.15) is 9.78 Å². The van der Waals surface area contributed by atoms with Crippen molar-refractivity contribution in [1.29, 1.82) is 0 Å². The summed E-state index contributed by atoms with van der Waals surface area (Å²) in [5.74, 6) is 0.674. The second-order valence-corrected chi connectivity index (χ2v) is 8.36. The largest absolute Gasteiger partial charge is 0.483 e. The lowest BCUT2D eigenvalue weighted by atomic mass is 10.2. The summed E-state index contributed by atoms with van der Waals surface area (Å²) in [6.45, 7) is 5.84. The molecule has 0 radical (unpaired) electrons. The van der Waals surface area contributed by atoms with Crippen molar-refractivity contribution in [1.82, 2.24) is 9.66 Å². The molecule has 0 amide bonds. The first-order chi connectivity index (χ1) is 15.3. The lowest BCUT2D eigenvalue weighted by Crippen LogP contribution is -2.22. The molecule has 8 nitrogen and oxygen atoms in total. The fourth-order valence-electron chi connectivity index (χ4n) is 3.13. The molecule has 3 rings (SSSR count). The number of para-hydroxylation sites is 1. The van der Waals surface area contributed by atoms with E-state index < -0.39 is 4.92 Å². The normalized spacial score (nSPS) is 12.4. The molecule has 9 heteroatoms. The van der Waals surface area contributed by atoms with Gasteiger partial charge in [0.15, 0.2) is 0 Å². The average molecular weight is 501 g/mol. The Morgan fingerprint density at radius 3 is 2.78 bits per heavy atom. The van der Waals surface area contributed by atoms with E-state index in [-0.39, 0.29) is 23.1 Å². The summed E-state index contributed by atoms with van der Waals surface area (Å²) in [7, 11) is 0. The van der Waals surface area contributed by atoms with Crippen LogP contribution in [-0.2, 0) is 6.42 Å². The van der Waals surface area contributed by atoms with E-state index in [2.05, 4.69) is 32.9 Å². The minimum absolute atomic E-state index is 0.134. The maximum absolute atomic E-state index is 13.2. The summed E-state index contributed by atoms with van der Waals surface area (Å²) in [6.07, 6.45) is 4.27. The number of hydrogen-bond acceptors (Lipinski definition) is 6. The Morgan fingerprint density at radius 1 is 1.31 bits per heavy atom. The number of nitro benzene ring substituents is 1. The van der Waals surface area contributed by atoms with Gasteiger partial charge in [-0.25, -0.2) is 4.98 Å². The average Bonchev–Trinajstić information content (AvgIpc) is 2.78. The fourth-order valence-corrected chi connectivity index (χ4v) is 3.49. The van der Waals surface area contributed by atoms with E-state index in [4.69, 9.17) is 4.74 Å². The smallest absolute Gasteiger partial charge is 0.311 e. The molecular weight excluding hydrogens is 476 g/mol. The molecule has 3 aromatic rings. The predicted molar refractivity (Wildman–Crippen MR) is 129 cm³/mol. The van der Waals surface area contributed by atoms with Gasteiger partial charge in [0.2, 0.25) is 5.75 Å². The van der Waals surface area contributed by atoms with Gasteiger partial charge in [-0.1, -0.05) is 42.3 Å². The van der Waals surface area contributed by atoms with Crippen LogP contribution < -0.4 is 10.3 Å². The van der Waals surface area contributed by atoms with Crippen molar-refractivity contribution in [3.63, 3.8) is 0 Å². The van der Waals surface area contributed by atoms with Crippen LogP contribution in [0.25, 0.3) is 10.9 Å². The van der Waals surface area contributed by atoms with Gasteiger partial charge < -0.3 is 4.74 Å². The summed E-state index contributed by atoms with van der Waals surface area (Å²) in [6, 6.07) is 9.99. The van der Waals surface area contributed by atoms with Crippen LogP contribution in [0.15, 0.2) is 50.8 Å². The van der Waals surface area contributed by atoms with Crippen LogP contribution in [0.5, 0.6) is 5.75 Å². The van der Waals surface area contributed by atoms with Crippen molar-refractivity contribution in [3.05, 3.63) is 72.7 Å². The van der Waals surface area contributed by atoms with Gasteiger partial charge in [-0.05, 0) is 44.0 Å². The van der Waals surface area contributed by atoms with Gasteiger partial charge in [0.1, 0.15) is 5.82 Å². The first-order valence-electron chi connectivity index (χ1n) is 10.5. The van der Waals surface area contributed by atoms with E-state index in [0.717, 1.165) is 17.3 Å². The number of unbranched alkanes of at least 4 members (excludes halogenated alkanes) is 1. The van der Waals surface area contributed by atoms with E-state index in [1.54, 1.807) is 24.3 Å². The molecule has 2 aromatic carbocycles. The molecule has 0 unspecified atom stereocenters. The Bertz CT molecular complexity index is 1220. The number of fused-ring (bicyclic) bond motifs is 1. The second-order valence-electron chi connectivity index (χ2n) is 7.44. The van der Waals surface area contributed by atoms with Gasteiger partial charge in [0.25, 0.3) is 5.56 Å². The molecule has 32 heavy (non-hydrogen) atoms. The van der Waals surface area contributed by atoms with Crippen molar-refractivity contribution in [2.75, 3.05) is 0 Å². The minimum Gasteiger partial charge on any atom is -0.483 e. The van der Waals surface area contributed by atoms with Crippen molar-refractivity contribution in [2.45, 2.75) is 52.6 Å². The number of aromatic nitrogens is 2. The standard InChI is InChI=1S/C23H25BrN4O4/c1-4-6-10-21-26-19-12-11-17(24)13-18(19)23(29)27(21)25-14-16-8-7-9-20(28(30)31)22(16)32-15(3)5-2/h7-9,11-15H,4-6,10H2,1-3H3/t15-/m1/s1. The molecule has 0 aliphatic carbocycles. The lowest BCUT2D eigenvalue weighted by Gasteiger charge is -2.14. The van der Waals surface area contributed by atoms with Crippen LogP contribution in [-0.4, -0.2) is 26.9 Å². The Morgan fingerprint density at radius 2 is 2.09 bits per heavy atom. The molecule has 0 bridgehead atoms. The highest BCUT2D eigenvalue weighted by molar-refractivity contribution is 9.10. The zero-order chi connectivity index (χ0) is 23.3. The van der Waals surface area contributed by atoms with Gasteiger partial charge in [-0.3, -0.25) is 14.9 Å². The SMILES string of the molecule is CCCCc1nc2ccc(Br)cc2c(=O)n1N=Cc1cccc([N+](=O)[O-])c1O[C@H](C)CC. The monoisotopic (exact) mass is 500 g/mol. The van der Waals surface area contributed by atoms with Gasteiger partial charge in [-0.15, -0.1) is 0 Å². The predicted octanol–water partition coefficient (Wildman–Crippen LogP) is 5.47. The van der Waals surface area contributed by atoms with E-state index in [1.807, 2.05) is 19.9 Å². The molecular formula is C23H25BrN4O4. The van der Waals surface area contributed by atoms with Crippen LogP contribution in [0, 0.1) is 10.1 Å². The third-order valence-corrected chi connectivity index (χ3v) is 5.55. The first kappa shape index (κ1) is 23.6. The molecule has 0 saturated heterocycles. The summed E-state index contributed by atoms with van der Waals surface area (Å²) in [4.78, 5) is 28.9. The molecule has 0 aliphatic heterocycles. The molecule has 1 atom stereocenters. The zero-order valence-electron chi connectivity index (χ0n) is 18.2. The molecule has 168 valence electrons. The summed E-state index contributed by atoms with van der Waals surface area (Å²) in [5, 5.41) is 16.4. The topological polar surface area (TPSA) is 99.6 Å². The molecule has 0 aliphatic rings. The van der Waals surface area contributed by atoms with Crippen LogP contribution >= 0.6 is 15.9 Å². The number of nitrogens with zero attached hydrogens (tertiary/aromatic N) is 4. The Balaban J connectivity index is 2.15. The summed E-state index contributed by atoms with van der Waals surface area (Å²) >= 11 is 3.39. The fraction of sp³-hybridized carbons (Fsp3) is 0.348. The second kappa shape index (κ2) is 10.5. The summed E-state index contributed by atoms with van der Waals surface area (Å²) in [5.41, 5.74) is 0.580. The number of hydrogen-bond donors (Lipinski definition) is 0. The lowest BCUT2D eigenvalue weighted by molar-refractivity contribution is -0.386. The number of aryl methyl sites for hydroxylation is 1. The van der Waals surface area contributed by atoms with E-state index in [0.29, 0.717) is 35.1 Å².